The summed E-state index contributed by atoms with van der Waals surface area (Å²) in [6.07, 6.45) is -0.125. The Morgan fingerprint density at radius 2 is 2.08 bits per heavy atom. The maximum Gasteiger partial charge on any atom is 0.252 e. The molecule has 7 heteroatoms. The Hall–Kier alpha value is -1.63. The van der Waals surface area contributed by atoms with Crippen molar-refractivity contribution < 1.29 is 14.7 Å². The van der Waals surface area contributed by atoms with Crippen LogP contribution in [0, 0.1) is 5.41 Å². The summed E-state index contributed by atoms with van der Waals surface area (Å²) in [6, 6.07) is 4.85. The van der Waals surface area contributed by atoms with Crippen LogP contribution in [-0.2, 0) is 22.7 Å². The maximum atomic E-state index is 12.5. The van der Waals surface area contributed by atoms with Crippen LogP contribution in [0.4, 0.5) is 0 Å². The predicted octanol–water partition coefficient (Wildman–Crippen LogP) is 1.81. The molecule has 26 heavy (non-hydrogen) atoms. The highest BCUT2D eigenvalue weighted by Gasteiger charge is 2.40. The molecule has 0 aromatic heterocycles. The van der Waals surface area contributed by atoms with Gasteiger partial charge in [0.2, 0.25) is 5.91 Å². The summed E-state index contributed by atoms with van der Waals surface area (Å²) in [4.78, 5) is 26.3. The van der Waals surface area contributed by atoms with Crippen molar-refractivity contribution in [3.8, 4) is 0 Å². The Balaban J connectivity index is 1.94. The minimum atomic E-state index is -1.08. The SMILES string of the molecule is CC(C)(C)C[C@@H](O)C(=O)N1CC[C@H]1C(=O)NCc1cc(Cl)ccc1CN. The van der Waals surface area contributed by atoms with E-state index in [1.54, 1.807) is 12.1 Å². The first kappa shape index (κ1) is 20.7. The molecule has 0 spiro atoms. The number of hydrogen-bond acceptors (Lipinski definition) is 4. The van der Waals surface area contributed by atoms with Crippen LogP contribution >= 0.6 is 11.6 Å². The lowest BCUT2D eigenvalue weighted by atomic mass is 9.88. The number of carbonyl (C=O) groups excluding carboxylic acids is 2. The smallest absolute Gasteiger partial charge is 0.252 e. The minimum Gasteiger partial charge on any atom is -0.383 e. The van der Waals surface area contributed by atoms with E-state index in [0.29, 0.717) is 37.5 Å². The number of hydrogen-bond donors (Lipinski definition) is 3. The van der Waals surface area contributed by atoms with Crippen molar-refractivity contribution >= 4 is 23.4 Å². The van der Waals surface area contributed by atoms with Gasteiger partial charge in [-0.3, -0.25) is 9.59 Å². The summed E-state index contributed by atoms with van der Waals surface area (Å²) < 4.78 is 0. The van der Waals surface area contributed by atoms with Crippen LogP contribution < -0.4 is 11.1 Å². The molecule has 2 rings (SSSR count). The first-order valence-corrected chi connectivity index (χ1v) is 9.24. The molecule has 6 nitrogen and oxygen atoms in total. The topological polar surface area (TPSA) is 95.7 Å². The molecular formula is C19H28ClN3O3. The van der Waals surface area contributed by atoms with Crippen molar-refractivity contribution in [3.63, 3.8) is 0 Å². The van der Waals surface area contributed by atoms with Crippen molar-refractivity contribution in [2.45, 2.75) is 58.8 Å². The van der Waals surface area contributed by atoms with E-state index in [2.05, 4.69) is 5.32 Å². The van der Waals surface area contributed by atoms with E-state index in [1.165, 1.54) is 4.90 Å². The first-order valence-electron chi connectivity index (χ1n) is 8.86. The standard InChI is InChI=1S/C19H28ClN3O3/c1-19(2,3)9-16(24)18(26)23-7-6-15(23)17(25)22-11-13-8-14(20)5-4-12(13)10-21/h4-5,8,15-16,24H,6-7,9-11,21H2,1-3H3,(H,22,25)/t15-,16+/m0/s1. The third kappa shape index (κ3) is 5.19. The van der Waals surface area contributed by atoms with E-state index in [9.17, 15) is 14.7 Å². The lowest BCUT2D eigenvalue weighted by Crippen LogP contribution is -2.60. The van der Waals surface area contributed by atoms with Gasteiger partial charge in [0.25, 0.3) is 5.91 Å². The quantitative estimate of drug-likeness (QED) is 0.700. The van der Waals surface area contributed by atoms with Gasteiger partial charge in [-0.25, -0.2) is 0 Å². The zero-order chi connectivity index (χ0) is 19.5. The summed E-state index contributed by atoms with van der Waals surface area (Å²) in [5, 5.41) is 13.6. The second-order valence-corrected chi connectivity index (χ2v) is 8.39. The van der Waals surface area contributed by atoms with Crippen molar-refractivity contribution in [1.82, 2.24) is 10.2 Å². The number of nitrogens with two attached hydrogens (primary N) is 1. The lowest BCUT2D eigenvalue weighted by Gasteiger charge is -2.41. The molecule has 0 bridgehead atoms. The van der Waals surface area contributed by atoms with Crippen LogP contribution in [0.3, 0.4) is 0 Å². The highest BCUT2D eigenvalue weighted by molar-refractivity contribution is 6.30. The van der Waals surface area contributed by atoms with Crippen LogP contribution in [0.25, 0.3) is 0 Å². The number of amides is 2. The van der Waals surface area contributed by atoms with E-state index >= 15 is 0 Å². The van der Waals surface area contributed by atoms with Gasteiger partial charge >= 0.3 is 0 Å². The van der Waals surface area contributed by atoms with E-state index in [1.807, 2.05) is 26.8 Å². The van der Waals surface area contributed by atoms with Crippen LogP contribution in [0.15, 0.2) is 18.2 Å². The molecule has 1 aliphatic rings. The number of halogens is 1. The fourth-order valence-electron chi connectivity index (χ4n) is 3.04. The number of carbonyl (C=O) groups is 2. The van der Waals surface area contributed by atoms with Gasteiger partial charge in [0, 0.05) is 24.7 Å². The molecule has 1 fully saturated rings. The Morgan fingerprint density at radius 1 is 1.38 bits per heavy atom. The molecule has 4 N–H and O–H groups in total. The number of rotatable bonds is 6. The largest absolute Gasteiger partial charge is 0.383 e. The second kappa shape index (κ2) is 8.37. The minimum absolute atomic E-state index is 0.164. The van der Waals surface area contributed by atoms with Crippen molar-refractivity contribution in [2.24, 2.45) is 11.1 Å². The van der Waals surface area contributed by atoms with Crippen LogP contribution in [0.1, 0.15) is 44.7 Å². The number of aliphatic hydroxyl groups excluding tert-OH is 1. The molecule has 1 saturated heterocycles. The third-order valence-corrected chi connectivity index (χ3v) is 4.77. The molecule has 1 heterocycles. The molecule has 0 radical (unpaired) electrons. The average Bonchev–Trinajstić information content (AvgIpc) is 2.50. The fraction of sp³-hybridized carbons (Fsp3) is 0.579. The van der Waals surface area contributed by atoms with E-state index < -0.39 is 12.1 Å². The van der Waals surface area contributed by atoms with Gasteiger partial charge in [0.05, 0.1) is 0 Å². The number of benzene rings is 1. The van der Waals surface area contributed by atoms with Gasteiger partial charge in [-0.05, 0) is 41.5 Å². The van der Waals surface area contributed by atoms with Crippen molar-refractivity contribution in [2.75, 3.05) is 6.54 Å². The third-order valence-electron chi connectivity index (χ3n) is 4.54. The van der Waals surface area contributed by atoms with E-state index in [4.69, 9.17) is 17.3 Å². The van der Waals surface area contributed by atoms with E-state index in [0.717, 1.165) is 11.1 Å². The molecule has 1 aromatic carbocycles. The van der Waals surface area contributed by atoms with Gasteiger partial charge in [-0.1, -0.05) is 38.4 Å². The van der Waals surface area contributed by atoms with Gasteiger partial charge in [-0.15, -0.1) is 0 Å². The Morgan fingerprint density at radius 3 is 2.62 bits per heavy atom. The average molecular weight is 382 g/mol. The number of nitrogens with one attached hydrogen (secondary N) is 1. The normalized spacial score (nSPS) is 18.2. The Kier molecular flexibility index (Phi) is 6.66. The number of aliphatic hydroxyl groups is 1. The number of likely N-dealkylation sites (tertiary alicyclic amines) is 1. The molecule has 144 valence electrons. The van der Waals surface area contributed by atoms with Crippen LogP contribution in [0.2, 0.25) is 5.02 Å². The molecule has 1 aliphatic heterocycles. The van der Waals surface area contributed by atoms with Crippen molar-refractivity contribution in [3.05, 3.63) is 34.3 Å². The van der Waals surface area contributed by atoms with Gasteiger partial charge in [-0.2, -0.15) is 0 Å². The summed E-state index contributed by atoms with van der Waals surface area (Å²) in [6.45, 7) is 7.03. The monoisotopic (exact) mass is 381 g/mol. The summed E-state index contributed by atoms with van der Waals surface area (Å²) in [5.74, 6) is -0.604. The molecule has 1 aromatic rings. The molecule has 2 atom stereocenters. The van der Waals surface area contributed by atoms with E-state index in [-0.39, 0.29) is 17.2 Å². The fourth-order valence-corrected chi connectivity index (χ4v) is 3.24. The lowest BCUT2D eigenvalue weighted by molar-refractivity contribution is -0.155. The number of nitrogens with zero attached hydrogens (tertiary/aromatic N) is 1. The zero-order valence-corrected chi connectivity index (χ0v) is 16.3. The molecular weight excluding hydrogens is 354 g/mol. The molecule has 0 saturated carbocycles. The van der Waals surface area contributed by atoms with Gasteiger partial charge < -0.3 is 21.1 Å². The molecule has 0 unspecified atom stereocenters. The predicted molar refractivity (Wildman–Crippen MR) is 101 cm³/mol. The first-order chi connectivity index (χ1) is 12.1. The zero-order valence-electron chi connectivity index (χ0n) is 15.6. The van der Waals surface area contributed by atoms with Crippen LogP contribution in [-0.4, -0.2) is 40.5 Å². The molecule has 2 amide bonds. The highest BCUT2D eigenvalue weighted by Crippen LogP contribution is 2.25. The molecule has 0 aliphatic carbocycles. The van der Waals surface area contributed by atoms with Gasteiger partial charge in [0.1, 0.15) is 12.1 Å². The highest BCUT2D eigenvalue weighted by atomic mass is 35.5. The second-order valence-electron chi connectivity index (χ2n) is 7.95. The van der Waals surface area contributed by atoms with Crippen molar-refractivity contribution in [1.29, 1.82) is 0 Å². The van der Waals surface area contributed by atoms with Crippen LogP contribution in [0.5, 0.6) is 0 Å². The summed E-state index contributed by atoms with van der Waals surface area (Å²) >= 11 is 6.01. The maximum absolute atomic E-state index is 12.5. The summed E-state index contributed by atoms with van der Waals surface area (Å²) in [7, 11) is 0. The Bertz CT molecular complexity index is 672. The summed E-state index contributed by atoms with van der Waals surface area (Å²) in [5.41, 5.74) is 7.32. The van der Waals surface area contributed by atoms with Gasteiger partial charge in [0.15, 0.2) is 0 Å². The Labute approximate surface area is 159 Å².